The monoisotopic (exact) mass is 327 g/mol. The first-order valence-electron chi connectivity index (χ1n) is 7.37. The Morgan fingerprint density at radius 2 is 2.17 bits per heavy atom. The smallest absolute Gasteiger partial charge is 0.268 e. The summed E-state index contributed by atoms with van der Waals surface area (Å²) in [6.07, 6.45) is 2.85. The molecule has 1 aromatic carbocycles. The fourth-order valence-corrected chi connectivity index (χ4v) is 2.38. The Labute approximate surface area is 139 Å². The Bertz CT molecular complexity index is 762. The third-order valence-corrected chi connectivity index (χ3v) is 3.61. The Balaban J connectivity index is 1.72. The second-order valence-corrected chi connectivity index (χ2v) is 5.13. The molecule has 1 atom stereocenters. The summed E-state index contributed by atoms with van der Waals surface area (Å²) in [5.74, 6) is 1.05. The van der Waals surface area contributed by atoms with Crippen LogP contribution in [0, 0.1) is 0 Å². The first-order valence-corrected chi connectivity index (χ1v) is 7.37. The molecule has 0 aliphatic carbocycles. The lowest BCUT2D eigenvalue weighted by atomic mass is 10.0. The first-order chi connectivity index (χ1) is 11.7. The number of ether oxygens (including phenoxy) is 2. The van der Waals surface area contributed by atoms with Crippen LogP contribution in [-0.4, -0.2) is 36.9 Å². The van der Waals surface area contributed by atoms with Crippen LogP contribution in [-0.2, 0) is 9.63 Å². The van der Waals surface area contributed by atoms with Crippen molar-refractivity contribution in [3.05, 3.63) is 48.3 Å². The van der Waals surface area contributed by atoms with E-state index in [1.54, 1.807) is 50.9 Å². The molecule has 7 heteroatoms. The van der Waals surface area contributed by atoms with Crippen LogP contribution in [0.5, 0.6) is 11.5 Å². The highest BCUT2D eigenvalue weighted by Gasteiger charge is 2.30. The fraction of sp³-hybridized carbons (Fsp3) is 0.235. The number of hydrogen-bond acceptors (Lipinski definition) is 6. The average molecular weight is 327 g/mol. The lowest BCUT2D eigenvalue weighted by Gasteiger charge is -2.10. The zero-order chi connectivity index (χ0) is 16.9. The molecule has 0 unspecified atom stereocenters. The SMILES string of the molecule is COc1ccc(OC)c(C2=NO[C@H](C(=O)Nc3cccnc3)C2)c1. The van der Waals surface area contributed by atoms with Gasteiger partial charge < -0.3 is 19.6 Å². The van der Waals surface area contributed by atoms with E-state index in [-0.39, 0.29) is 5.91 Å². The molecule has 0 saturated heterocycles. The van der Waals surface area contributed by atoms with Crippen LogP contribution in [0.4, 0.5) is 5.69 Å². The number of pyridine rings is 1. The number of nitrogens with one attached hydrogen (secondary N) is 1. The summed E-state index contributed by atoms with van der Waals surface area (Å²) in [5, 5.41) is 6.79. The number of oxime groups is 1. The summed E-state index contributed by atoms with van der Waals surface area (Å²) in [6, 6.07) is 8.90. The van der Waals surface area contributed by atoms with Gasteiger partial charge in [0, 0.05) is 18.2 Å². The van der Waals surface area contributed by atoms with E-state index in [1.807, 2.05) is 6.07 Å². The van der Waals surface area contributed by atoms with Gasteiger partial charge in [0.05, 0.1) is 31.8 Å². The van der Waals surface area contributed by atoms with Crippen LogP contribution in [0.15, 0.2) is 47.9 Å². The summed E-state index contributed by atoms with van der Waals surface area (Å²) >= 11 is 0. The summed E-state index contributed by atoms with van der Waals surface area (Å²) < 4.78 is 10.6. The van der Waals surface area contributed by atoms with Gasteiger partial charge in [-0.15, -0.1) is 0 Å². The van der Waals surface area contributed by atoms with Gasteiger partial charge in [-0.2, -0.15) is 0 Å². The molecule has 0 fully saturated rings. The van der Waals surface area contributed by atoms with Crippen LogP contribution >= 0.6 is 0 Å². The standard InChI is InChI=1S/C17H17N3O4/c1-22-12-5-6-15(23-2)13(8-12)14-9-16(24-20-14)17(21)19-11-4-3-7-18-10-11/h3-8,10,16H,9H2,1-2H3,(H,19,21)/t16-/m0/s1. The van der Waals surface area contributed by atoms with Crippen molar-refractivity contribution in [3.63, 3.8) is 0 Å². The van der Waals surface area contributed by atoms with Crippen molar-refractivity contribution < 1.29 is 19.1 Å². The maximum Gasteiger partial charge on any atom is 0.268 e. The molecule has 1 aromatic heterocycles. The molecular formula is C17H17N3O4. The third kappa shape index (κ3) is 3.29. The molecule has 2 heterocycles. The summed E-state index contributed by atoms with van der Waals surface area (Å²) in [5.41, 5.74) is 1.99. The summed E-state index contributed by atoms with van der Waals surface area (Å²) in [6.45, 7) is 0. The van der Waals surface area contributed by atoms with Gasteiger partial charge in [0.15, 0.2) is 0 Å². The van der Waals surface area contributed by atoms with Gasteiger partial charge in [-0.1, -0.05) is 5.16 Å². The number of benzene rings is 1. The van der Waals surface area contributed by atoms with Gasteiger partial charge in [0.25, 0.3) is 5.91 Å². The number of rotatable bonds is 5. The topological polar surface area (TPSA) is 82.0 Å². The Hall–Kier alpha value is -3.09. The zero-order valence-electron chi connectivity index (χ0n) is 13.4. The average Bonchev–Trinajstić information content (AvgIpc) is 3.12. The molecule has 1 aliphatic rings. The third-order valence-electron chi connectivity index (χ3n) is 3.61. The Morgan fingerprint density at radius 1 is 1.29 bits per heavy atom. The minimum absolute atomic E-state index is 0.274. The van der Waals surface area contributed by atoms with Gasteiger partial charge in [-0.25, -0.2) is 0 Å². The predicted octanol–water partition coefficient (Wildman–Crippen LogP) is 2.23. The number of nitrogens with zero attached hydrogens (tertiary/aromatic N) is 2. The highest BCUT2D eigenvalue weighted by molar-refractivity contribution is 6.07. The van der Waals surface area contributed by atoms with Crippen molar-refractivity contribution in [2.24, 2.45) is 5.16 Å². The minimum Gasteiger partial charge on any atom is -0.497 e. The van der Waals surface area contributed by atoms with E-state index in [0.717, 1.165) is 5.56 Å². The minimum atomic E-state index is -0.698. The molecule has 7 nitrogen and oxygen atoms in total. The zero-order valence-corrected chi connectivity index (χ0v) is 13.4. The van der Waals surface area contributed by atoms with Crippen LogP contribution < -0.4 is 14.8 Å². The van der Waals surface area contributed by atoms with E-state index in [1.165, 1.54) is 0 Å². The van der Waals surface area contributed by atoms with Gasteiger partial charge in [0.2, 0.25) is 6.10 Å². The van der Waals surface area contributed by atoms with Gasteiger partial charge in [0.1, 0.15) is 11.5 Å². The largest absolute Gasteiger partial charge is 0.497 e. The molecule has 0 saturated carbocycles. The first kappa shape index (κ1) is 15.8. The molecule has 0 radical (unpaired) electrons. The molecule has 1 aliphatic heterocycles. The summed E-state index contributed by atoms with van der Waals surface area (Å²) in [7, 11) is 3.16. The number of carbonyl (C=O) groups excluding carboxylic acids is 1. The van der Waals surface area contributed by atoms with E-state index in [2.05, 4.69) is 15.5 Å². The fourth-order valence-electron chi connectivity index (χ4n) is 2.38. The second kappa shape index (κ2) is 6.99. The molecule has 2 aromatic rings. The van der Waals surface area contributed by atoms with Crippen molar-refractivity contribution >= 4 is 17.3 Å². The highest BCUT2D eigenvalue weighted by atomic mass is 16.6. The van der Waals surface area contributed by atoms with Crippen LogP contribution in [0.1, 0.15) is 12.0 Å². The molecular weight excluding hydrogens is 310 g/mol. The lowest BCUT2D eigenvalue weighted by Crippen LogP contribution is -2.28. The van der Waals surface area contributed by atoms with Gasteiger partial charge in [-0.3, -0.25) is 9.78 Å². The van der Waals surface area contributed by atoms with E-state index < -0.39 is 6.10 Å². The maximum atomic E-state index is 12.3. The lowest BCUT2D eigenvalue weighted by molar-refractivity contribution is -0.125. The van der Waals surface area contributed by atoms with E-state index in [0.29, 0.717) is 29.3 Å². The number of aromatic nitrogens is 1. The quantitative estimate of drug-likeness (QED) is 0.910. The van der Waals surface area contributed by atoms with Crippen molar-refractivity contribution in [1.82, 2.24) is 4.98 Å². The van der Waals surface area contributed by atoms with E-state index in [4.69, 9.17) is 14.3 Å². The Kier molecular flexibility index (Phi) is 4.60. The molecule has 24 heavy (non-hydrogen) atoms. The van der Waals surface area contributed by atoms with Crippen LogP contribution in [0.3, 0.4) is 0 Å². The normalized spacial score (nSPS) is 16.1. The summed E-state index contributed by atoms with van der Waals surface area (Å²) in [4.78, 5) is 21.5. The number of methoxy groups -OCH3 is 2. The molecule has 124 valence electrons. The highest BCUT2D eigenvalue weighted by Crippen LogP contribution is 2.28. The van der Waals surface area contributed by atoms with Crippen molar-refractivity contribution in [2.45, 2.75) is 12.5 Å². The van der Waals surface area contributed by atoms with E-state index in [9.17, 15) is 4.79 Å². The van der Waals surface area contributed by atoms with Gasteiger partial charge >= 0.3 is 0 Å². The second-order valence-electron chi connectivity index (χ2n) is 5.13. The number of anilines is 1. The van der Waals surface area contributed by atoms with Crippen molar-refractivity contribution in [1.29, 1.82) is 0 Å². The van der Waals surface area contributed by atoms with Crippen LogP contribution in [0.2, 0.25) is 0 Å². The predicted molar refractivity (Wildman–Crippen MR) is 88.4 cm³/mol. The molecule has 1 amide bonds. The number of hydrogen-bond donors (Lipinski definition) is 1. The maximum absolute atomic E-state index is 12.3. The number of carbonyl (C=O) groups is 1. The van der Waals surface area contributed by atoms with Crippen molar-refractivity contribution in [3.8, 4) is 11.5 Å². The number of amides is 1. The molecule has 3 rings (SSSR count). The molecule has 0 spiro atoms. The van der Waals surface area contributed by atoms with Crippen molar-refractivity contribution in [2.75, 3.05) is 19.5 Å². The Morgan fingerprint density at radius 3 is 2.88 bits per heavy atom. The van der Waals surface area contributed by atoms with Gasteiger partial charge in [-0.05, 0) is 30.3 Å². The van der Waals surface area contributed by atoms with E-state index >= 15 is 0 Å². The van der Waals surface area contributed by atoms with Crippen LogP contribution in [0.25, 0.3) is 0 Å². The molecule has 0 bridgehead atoms. The molecule has 1 N–H and O–H groups in total.